The molecule has 2 N–H and O–H groups in total. The van der Waals surface area contributed by atoms with E-state index in [9.17, 15) is 0 Å². The lowest BCUT2D eigenvalue weighted by Gasteiger charge is -2.28. The number of nitrogens with one attached hydrogen (secondary N) is 2. The van der Waals surface area contributed by atoms with Crippen LogP contribution in [0.3, 0.4) is 0 Å². The molecule has 0 radical (unpaired) electrons. The van der Waals surface area contributed by atoms with E-state index in [1.54, 1.807) is 18.3 Å². The summed E-state index contributed by atoms with van der Waals surface area (Å²) in [7, 11) is 0. The van der Waals surface area contributed by atoms with Crippen LogP contribution in [0.2, 0.25) is 10.0 Å². The van der Waals surface area contributed by atoms with Crippen molar-refractivity contribution in [1.29, 1.82) is 0 Å². The highest BCUT2D eigenvalue weighted by Gasteiger charge is 2.29. The molecule has 2 aromatic carbocycles. The Hall–Kier alpha value is -1.63. The van der Waals surface area contributed by atoms with Crippen LogP contribution in [-0.2, 0) is 0 Å². The molecule has 0 spiro atoms. The maximum absolute atomic E-state index is 6.29. The van der Waals surface area contributed by atoms with Crippen LogP contribution in [0.15, 0.2) is 61.2 Å². The highest BCUT2D eigenvalue weighted by molar-refractivity contribution is 6.36. The standard InChI is InChI=1S/C19H18Cl2N4O.2ClH/c20-13-5-6-16(15(21)11-13)23-24-19-14-3-1-2-4-18(14)26-10-7-17(19)25-9-8-22-12-25;;/h1-6,8-9,11-12,17,19,23-24H,7,10H2;2*1H. The van der Waals surface area contributed by atoms with Crippen LogP contribution >= 0.6 is 48.0 Å². The number of hydrazine groups is 1. The fraction of sp³-hybridized carbons (Fsp3) is 0.211. The summed E-state index contributed by atoms with van der Waals surface area (Å²) >= 11 is 12.3. The van der Waals surface area contributed by atoms with Crippen molar-refractivity contribution in [2.45, 2.75) is 18.5 Å². The molecule has 5 nitrogen and oxygen atoms in total. The van der Waals surface area contributed by atoms with E-state index < -0.39 is 0 Å². The normalized spacial score (nSPS) is 17.9. The van der Waals surface area contributed by atoms with E-state index in [1.165, 1.54) is 0 Å². The second-order valence-electron chi connectivity index (χ2n) is 6.12. The lowest BCUT2D eigenvalue weighted by Crippen LogP contribution is -2.33. The molecule has 4 rings (SSSR count). The van der Waals surface area contributed by atoms with Gasteiger partial charge in [0, 0.05) is 29.4 Å². The number of ether oxygens (including phenoxy) is 1. The van der Waals surface area contributed by atoms with Crippen LogP contribution in [0.1, 0.15) is 24.1 Å². The van der Waals surface area contributed by atoms with Gasteiger partial charge in [-0.1, -0.05) is 41.4 Å². The summed E-state index contributed by atoms with van der Waals surface area (Å²) in [4.78, 5) is 4.20. The van der Waals surface area contributed by atoms with Crippen molar-refractivity contribution in [1.82, 2.24) is 15.0 Å². The number of hydrogen-bond acceptors (Lipinski definition) is 4. The summed E-state index contributed by atoms with van der Waals surface area (Å²) in [6, 6.07) is 13.5. The average molecular weight is 462 g/mol. The molecule has 3 aromatic rings. The first-order valence-electron chi connectivity index (χ1n) is 8.38. The van der Waals surface area contributed by atoms with Gasteiger partial charge in [-0.3, -0.25) is 0 Å². The van der Waals surface area contributed by atoms with Gasteiger partial charge in [0.25, 0.3) is 0 Å². The van der Waals surface area contributed by atoms with Gasteiger partial charge < -0.3 is 14.7 Å². The van der Waals surface area contributed by atoms with E-state index in [2.05, 4.69) is 26.5 Å². The number of nitrogens with zero attached hydrogens (tertiary/aromatic N) is 2. The lowest BCUT2D eigenvalue weighted by molar-refractivity contribution is 0.279. The molecule has 28 heavy (non-hydrogen) atoms. The quantitative estimate of drug-likeness (QED) is 0.488. The average Bonchev–Trinajstić information content (AvgIpc) is 3.10. The van der Waals surface area contributed by atoms with E-state index in [-0.39, 0.29) is 36.9 Å². The Labute approximate surface area is 186 Å². The van der Waals surface area contributed by atoms with E-state index in [0.29, 0.717) is 16.7 Å². The molecular formula is C19H20Cl4N4O. The second kappa shape index (κ2) is 10.2. The fourth-order valence-electron chi connectivity index (χ4n) is 3.24. The van der Waals surface area contributed by atoms with Gasteiger partial charge in [-0.15, -0.1) is 24.8 Å². The van der Waals surface area contributed by atoms with Crippen molar-refractivity contribution in [3.63, 3.8) is 0 Å². The van der Waals surface area contributed by atoms with Gasteiger partial charge in [-0.25, -0.2) is 10.4 Å². The number of fused-ring (bicyclic) bond motifs is 1. The monoisotopic (exact) mass is 460 g/mol. The molecule has 0 fully saturated rings. The molecule has 0 saturated carbocycles. The summed E-state index contributed by atoms with van der Waals surface area (Å²) in [6.45, 7) is 0.639. The molecule has 1 aromatic heterocycles. The fourth-order valence-corrected chi connectivity index (χ4v) is 3.70. The van der Waals surface area contributed by atoms with Crippen molar-refractivity contribution in [2.75, 3.05) is 12.0 Å². The van der Waals surface area contributed by atoms with Gasteiger partial charge in [-0.05, 0) is 24.3 Å². The minimum Gasteiger partial charge on any atom is -0.493 e. The van der Waals surface area contributed by atoms with Gasteiger partial charge in [0.15, 0.2) is 0 Å². The number of imidazole rings is 1. The predicted octanol–water partition coefficient (Wildman–Crippen LogP) is 5.72. The molecule has 9 heteroatoms. The van der Waals surface area contributed by atoms with Crippen LogP contribution < -0.4 is 15.6 Å². The molecule has 0 bridgehead atoms. The molecule has 0 saturated heterocycles. The first-order valence-corrected chi connectivity index (χ1v) is 9.14. The molecule has 150 valence electrons. The molecule has 2 unspecified atom stereocenters. The molecule has 1 aliphatic heterocycles. The Balaban J connectivity index is 0.00000140. The van der Waals surface area contributed by atoms with E-state index in [0.717, 1.165) is 23.4 Å². The van der Waals surface area contributed by atoms with Crippen molar-refractivity contribution in [2.24, 2.45) is 0 Å². The lowest BCUT2D eigenvalue weighted by atomic mass is 9.97. The third-order valence-corrected chi connectivity index (χ3v) is 5.06. The van der Waals surface area contributed by atoms with Gasteiger partial charge in [0.2, 0.25) is 0 Å². The summed E-state index contributed by atoms with van der Waals surface area (Å²) in [6.07, 6.45) is 6.45. The minimum atomic E-state index is -0.0327. The van der Waals surface area contributed by atoms with Gasteiger partial charge in [-0.2, -0.15) is 0 Å². The summed E-state index contributed by atoms with van der Waals surface area (Å²) in [5.74, 6) is 0.886. The van der Waals surface area contributed by atoms with Crippen LogP contribution in [0.5, 0.6) is 5.75 Å². The molecule has 0 aliphatic carbocycles. The maximum atomic E-state index is 6.29. The van der Waals surface area contributed by atoms with Crippen LogP contribution in [-0.4, -0.2) is 16.2 Å². The predicted molar refractivity (Wildman–Crippen MR) is 118 cm³/mol. The highest BCUT2D eigenvalue weighted by Crippen LogP contribution is 2.38. The first-order chi connectivity index (χ1) is 12.7. The SMILES string of the molecule is Cl.Cl.Clc1ccc(NNC2c3ccccc3OCCC2n2ccnc2)c(Cl)c1. The summed E-state index contributed by atoms with van der Waals surface area (Å²) in [5, 5.41) is 1.16. The number of hydrogen-bond donors (Lipinski definition) is 2. The Bertz CT molecular complexity index is 891. The molecule has 2 heterocycles. The summed E-state index contributed by atoms with van der Waals surface area (Å²) in [5.41, 5.74) is 8.52. The Kier molecular flexibility index (Phi) is 8.28. The number of para-hydroxylation sites is 1. The third-order valence-electron chi connectivity index (χ3n) is 4.51. The molecule has 0 amide bonds. The number of benzene rings is 2. The van der Waals surface area contributed by atoms with E-state index in [1.807, 2.05) is 36.8 Å². The zero-order valence-corrected chi connectivity index (χ0v) is 17.9. The summed E-state index contributed by atoms with van der Waals surface area (Å²) < 4.78 is 8.06. The number of aromatic nitrogens is 2. The van der Waals surface area contributed by atoms with Crippen molar-refractivity contribution < 1.29 is 4.74 Å². The second-order valence-corrected chi connectivity index (χ2v) is 6.97. The van der Waals surface area contributed by atoms with Crippen molar-refractivity contribution in [3.8, 4) is 5.75 Å². The van der Waals surface area contributed by atoms with E-state index in [4.69, 9.17) is 27.9 Å². The molecular weight excluding hydrogens is 442 g/mol. The Morgan fingerprint density at radius 1 is 1.11 bits per heavy atom. The first kappa shape index (κ1) is 22.7. The molecule has 2 atom stereocenters. The van der Waals surface area contributed by atoms with Crippen LogP contribution in [0, 0.1) is 0 Å². The van der Waals surface area contributed by atoms with Crippen molar-refractivity contribution in [3.05, 3.63) is 76.8 Å². The molecule has 1 aliphatic rings. The Morgan fingerprint density at radius 3 is 2.68 bits per heavy atom. The zero-order chi connectivity index (χ0) is 17.9. The smallest absolute Gasteiger partial charge is 0.124 e. The Morgan fingerprint density at radius 2 is 1.93 bits per heavy atom. The highest BCUT2D eigenvalue weighted by atomic mass is 35.5. The number of anilines is 1. The van der Waals surface area contributed by atoms with Gasteiger partial charge >= 0.3 is 0 Å². The van der Waals surface area contributed by atoms with Crippen LogP contribution in [0.4, 0.5) is 5.69 Å². The maximum Gasteiger partial charge on any atom is 0.124 e. The largest absolute Gasteiger partial charge is 0.493 e. The van der Waals surface area contributed by atoms with Crippen LogP contribution in [0.25, 0.3) is 0 Å². The topological polar surface area (TPSA) is 51.1 Å². The van der Waals surface area contributed by atoms with Gasteiger partial charge in [0.05, 0.1) is 35.7 Å². The number of halogens is 4. The number of rotatable bonds is 4. The zero-order valence-electron chi connectivity index (χ0n) is 14.7. The minimum absolute atomic E-state index is 0. The van der Waals surface area contributed by atoms with Gasteiger partial charge in [0.1, 0.15) is 5.75 Å². The van der Waals surface area contributed by atoms with Crippen molar-refractivity contribution >= 4 is 53.7 Å². The van der Waals surface area contributed by atoms with E-state index >= 15 is 0 Å². The third kappa shape index (κ3) is 4.85.